The van der Waals surface area contributed by atoms with Crippen molar-refractivity contribution in [3.05, 3.63) is 57.1 Å². The zero-order valence-electron chi connectivity index (χ0n) is 15.1. The van der Waals surface area contributed by atoms with Crippen molar-refractivity contribution in [3.63, 3.8) is 0 Å². The number of nitrogens with zero attached hydrogens (tertiary/aromatic N) is 2. The molecule has 2 heterocycles. The standard InChI is InChI=1S/C19H17Br2F2N3O2S/c20-12-2-1-3-14(8-12)29(27,28)26-11-15(19(22)23)18-16(9-13(21)10-17(18)26)25-6-4-24-5-7-25/h1-3,8-11,19,24H,4-7H2. The highest BCUT2D eigenvalue weighted by Crippen LogP contribution is 2.40. The molecule has 2 aromatic carbocycles. The van der Waals surface area contributed by atoms with E-state index in [0.717, 1.165) is 23.3 Å². The van der Waals surface area contributed by atoms with E-state index in [4.69, 9.17) is 0 Å². The molecule has 0 atom stereocenters. The zero-order valence-corrected chi connectivity index (χ0v) is 19.1. The van der Waals surface area contributed by atoms with Crippen molar-refractivity contribution in [3.8, 4) is 0 Å². The maximum absolute atomic E-state index is 14.0. The lowest BCUT2D eigenvalue weighted by Crippen LogP contribution is -2.43. The van der Waals surface area contributed by atoms with Crippen molar-refractivity contribution in [2.75, 3.05) is 31.1 Å². The maximum Gasteiger partial charge on any atom is 0.268 e. The number of hydrogen-bond donors (Lipinski definition) is 1. The van der Waals surface area contributed by atoms with Gasteiger partial charge in [0.2, 0.25) is 0 Å². The Kier molecular flexibility index (Phi) is 5.71. The molecule has 0 radical (unpaired) electrons. The highest BCUT2D eigenvalue weighted by molar-refractivity contribution is 9.10. The summed E-state index contributed by atoms with van der Waals surface area (Å²) in [4.78, 5) is 2.03. The van der Waals surface area contributed by atoms with E-state index < -0.39 is 16.4 Å². The number of hydrogen-bond acceptors (Lipinski definition) is 4. The molecule has 4 rings (SSSR count). The van der Waals surface area contributed by atoms with Crippen LogP contribution in [0.25, 0.3) is 10.9 Å². The van der Waals surface area contributed by atoms with Gasteiger partial charge in [0, 0.05) is 58.0 Å². The first-order chi connectivity index (χ1) is 13.8. The fraction of sp³-hybridized carbons (Fsp3) is 0.263. The summed E-state index contributed by atoms with van der Waals surface area (Å²) in [7, 11) is -4.06. The summed E-state index contributed by atoms with van der Waals surface area (Å²) >= 11 is 6.69. The summed E-state index contributed by atoms with van der Waals surface area (Å²) in [5.41, 5.74) is 0.539. The topological polar surface area (TPSA) is 54.3 Å². The lowest BCUT2D eigenvalue weighted by atomic mass is 10.1. The number of fused-ring (bicyclic) bond motifs is 1. The smallest absolute Gasteiger partial charge is 0.268 e. The van der Waals surface area contributed by atoms with Crippen LogP contribution in [0.5, 0.6) is 0 Å². The Morgan fingerprint density at radius 3 is 2.41 bits per heavy atom. The maximum atomic E-state index is 14.0. The zero-order chi connectivity index (χ0) is 20.8. The second-order valence-corrected chi connectivity index (χ2v) is 10.3. The van der Waals surface area contributed by atoms with Gasteiger partial charge in [0.05, 0.1) is 10.4 Å². The first kappa shape index (κ1) is 20.8. The molecule has 5 nitrogen and oxygen atoms in total. The number of aromatic nitrogens is 1. The number of halogens is 4. The van der Waals surface area contributed by atoms with Crippen LogP contribution in [-0.4, -0.2) is 38.6 Å². The fourth-order valence-corrected chi connectivity index (χ4v) is 5.96. The van der Waals surface area contributed by atoms with Gasteiger partial charge in [-0.2, -0.15) is 0 Å². The van der Waals surface area contributed by atoms with Gasteiger partial charge in [0.15, 0.2) is 0 Å². The van der Waals surface area contributed by atoms with Crippen molar-refractivity contribution >= 4 is 58.5 Å². The van der Waals surface area contributed by atoms with Crippen LogP contribution in [-0.2, 0) is 10.0 Å². The molecule has 154 valence electrons. The van der Waals surface area contributed by atoms with Gasteiger partial charge in [0.25, 0.3) is 16.4 Å². The molecule has 1 aliphatic rings. The van der Waals surface area contributed by atoms with Crippen molar-refractivity contribution in [2.45, 2.75) is 11.3 Å². The predicted octanol–water partition coefficient (Wildman–Crippen LogP) is 4.75. The molecule has 0 aliphatic carbocycles. The second-order valence-electron chi connectivity index (χ2n) is 6.70. The average molecular weight is 549 g/mol. The largest absolute Gasteiger partial charge is 0.368 e. The molecule has 1 aliphatic heterocycles. The van der Waals surface area contributed by atoms with E-state index in [9.17, 15) is 17.2 Å². The molecule has 0 bridgehead atoms. The fourth-order valence-electron chi connectivity index (χ4n) is 3.57. The summed E-state index contributed by atoms with van der Waals surface area (Å²) in [6.45, 7) is 2.76. The van der Waals surface area contributed by atoms with E-state index >= 15 is 0 Å². The number of nitrogens with one attached hydrogen (secondary N) is 1. The molecule has 3 aromatic rings. The van der Waals surface area contributed by atoms with Crippen LogP contribution in [0, 0.1) is 0 Å². The van der Waals surface area contributed by atoms with E-state index in [2.05, 4.69) is 37.2 Å². The number of benzene rings is 2. The molecular formula is C19H17Br2F2N3O2S. The SMILES string of the molecule is O=S(=O)(c1cccc(Br)c1)n1cc(C(F)F)c2c(N3CCNCC3)cc(Br)cc21. The van der Waals surface area contributed by atoms with Crippen LogP contribution in [0.3, 0.4) is 0 Å². The Morgan fingerprint density at radius 1 is 1.03 bits per heavy atom. The van der Waals surface area contributed by atoms with Crippen molar-refractivity contribution in [1.82, 2.24) is 9.29 Å². The minimum atomic E-state index is -4.06. The summed E-state index contributed by atoms with van der Waals surface area (Å²) in [5, 5.41) is 3.50. The number of anilines is 1. The lowest BCUT2D eigenvalue weighted by molar-refractivity contribution is 0.153. The average Bonchev–Trinajstić information content (AvgIpc) is 3.08. The predicted molar refractivity (Wildman–Crippen MR) is 116 cm³/mol. The highest BCUT2D eigenvalue weighted by atomic mass is 79.9. The van der Waals surface area contributed by atoms with Crippen LogP contribution < -0.4 is 10.2 Å². The monoisotopic (exact) mass is 547 g/mol. The van der Waals surface area contributed by atoms with E-state index in [1.165, 1.54) is 12.1 Å². The van der Waals surface area contributed by atoms with E-state index in [-0.39, 0.29) is 21.4 Å². The van der Waals surface area contributed by atoms with Gasteiger partial charge in [-0.1, -0.05) is 37.9 Å². The normalized spacial score (nSPS) is 15.4. The number of rotatable bonds is 4. The molecule has 1 saturated heterocycles. The van der Waals surface area contributed by atoms with E-state index in [1.54, 1.807) is 24.3 Å². The Bertz CT molecular complexity index is 1180. The minimum absolute atomic E-state index is 0.0216. The van der Waals surface area contributed by atoms with E-state index in [1.807, 2.05) is 4.90 Å². The van der Waals surface area contributed by atoms with Crippen LogP contribution in [0.2, 0.25) is 0 Å². The van der Waals surface area contributed by atoms with Crippen molar-refractivity contribution in [1.29, 1.82) is 0 Å². The Balaban J connectivity index is 2.00. The first-order valence-electron chi connectivity index (χ1n) is 8.88. The molecule has 0 unspecified atom stereocenters. The molecule has 10 heteroatoms. The molecule has 0 saturated carbocycles. The molecule has 1 aromatic heterocycles. The summed E-state index contributed by atoms with van der Waals surface area (Å²) in [6.07, 6.45) is -1.76. The third-order valence-electron chi connectivity index (χ3n) is 4.89. The summed E-state index contributed by atoms with van der Waals surface area (Å²) in [6, 6.07) is 9.55. The van der Waals surface area contributed by atoms with Crippen LogP contribution >= 0.6 is 31.9 Å². The molecular weight excluding hydrogens is 532 g/mol. The van der Waals surface area contributed by atoms with Crippen LogP contribution in [0.4, 0.5) is 14.5 Å². The third kappa shape index (κ3) is 3.83. The van der Waals surface area contributed by atoms with Crippen LogP contribution in [0.1, 0.15) is 12.0 Å². The van der Waals surface area contributed by atoms with Crippen molar-refractivity contribution in [2.24, 2.45) is 0 Å². The Labute approximate surface area is 184 Å². The molecule has 0 amide bonds. The Morgan fingerprint density at radius 2 is 1.76 bits per heavy atom. The minimum Gasteiger partial charge on any atom is -0.368 e. The van der Waals surface area contributed by atoms with Gasteiger partial charge in [-0.15, -0.1) is 0 Å². The number of alkyl halides is 2. The van der Waals surface area contributed by atoms with Gasteiger partial charge in [-0.3, -0.25) is 0 Å². The summed E-state index contributed by atoms with van der Waals surface area (Å²) < 4.78 is 56.7. The van der Waals surface area contributed by atoms with Crippen molar-refractivity contribution < 1.29 is 17.2 Å². The van der Waals surface area contributed by atoms with Crippen LogP contribution in [0.15, 0.2) is 56.4 Å². The molecule has 29 heavy (non-hydrogen) atoms. The van der Waals surface area contributed by atoms with Gasteiger partial charge < -0.3 is 10.2 Å². The van der Waals surface area contributed by atoms with Gasteiger partial charge in [-0.25, -0.2) is 21.2 Å². The highest BCUT2D eigenvalue weighted by Gasteiger charge is 2.28. The Hall–Kier alpha value is -1.49. The summed E-state index contributed by atoms with van der Waals surface area (Å²) in [5.74, 6) is 0. The number of piperazine rings is 1. The van der Waals surface area contributed by atoms with Gasteiger partial charge in [-0.05, 0) is 30.3 Å². The first-order valence-corrected chi connectivity index (χ1v) is 11.9. The van der Waals surface area contributed by atoms with E-state index in [0.29, 0.717) is 27.7 Å². The third-order valence-corrected chi connectivity index (χ3v) is 7.51. The second kappa shape index (κ2) is 7.98. The quantitative estimate of drug-likeness (QED) is 0.511. The van der Waals surface area contributed by atoms with Gasteiger partial charge in [0.1, 0.15) is 0 Å². The lowest BCUT2D eigenvalue weighted by Gasteiger charge is -2.30. The molecule has 1 N–H and O–H groups in total. The molecule has 1 fully saturated rings. The molecule has 0 spiro atoms. The van der Waals surface area contributed by atoms with Gasteiger partial charge >= 0.3 is 0 Å².